The number of aromatic nitrogens is 3. The maximum absolute atomic E-state index is 13.1. The molecular formula is C17H13ClF3N3O. The van der Waals surface area contributed by atoms with Gasteiger partial charge < -0.3 is 0 Å². The van der Waals surface area contributed by atoms with E-state index < -0.39 is 17.3 Å². The summed E-state index contributed by atoms with van der Waals surface area (Å²) in [6.45, 7) is 3.57. The van der Waals surface area contributed by atoms with E-state index in [1.165, 1.54) is 0 Å². The van der Waals surface area contributed by atoms with Crippen molar-refractivity contribution in [3.05, 3.63) is 62.8 Å². The van der Waals surface area contributed by atoms with Crippen LogP contribution in [0, 0.1) is 6.92 Å². The minimum atomic E-state index is -4.60. The van der Waals surface area contributed by atoms with Crippen molar-refractivity contribution in [2.45, 2.75) is 26.4 Å². The molecule has 0 spiro atoms. The van der Waals surface area contributed by atoms with Gasteiger partial charge in [-0.2, -0.15) is 13.2 Å². The molecule has 8 heteroatoms. The van der Waals surface area contributed by atoms with Crippen LogP contribution in [0.15, 0.2) is 35.1 Å². The minimum Gasteiger partial charge on any atom is -0.268 e. The summed E-state index contributed by atoms with van der Waals surface area (Å²) in [4.78, 5) is 21.2. The number of alkyl halides is 3. The molecule has 1 aromatic carbocycles. The van der Waals surface area contributed by atoms with Crippen molar-refractivity contribution in [1.82, 2.24) is 14.5 Å². The molecule has 3 aromatic rings. The molecule has 0 bridgehead atoms. The van der Waals surface area contributed by atoms with Crippen molar-refractivity contribution in [1.29, 1.82) is 0 Å². The molecule has 0 saturated carbocycles. The molecule has 3 rings (SSSR count). The molecule has 130 valence electrons. The van der Waals surface area contributed by atoms with E-state index in [1.54, 1.807) is 19.1 Å². The number of rotatable bonds is 2. The monoisotopic (exact) mass is 367 g/mol. The van der Waals surface area contributed by atoms with Gasteiger partial charge in [0.05, 0.1) is 16.5 Å². The van der Waals surface area contributed by atoms with Crippen LogP contribution in [0.3, 0.4) is 0 Å². The summed E-state index contributed by atoms with van der Waals surface area (Å²) in [5, 5.41) is -0.0318. The van der Waals surface area contributed by atoms with Crippen LogP contribution in [0.1, 0.15) is 23.9 Å². The smallest absolute Gasteiger partial charge is 0.268 e. The van der Waals surface area contributed by atoms with Gasteiger partial charge in [0.2, 0.25) is 0 Å². The van der Waals surface area contributed by atoms with Crippen LogP contribution in [0.25, 0.3) is 16.7 Å². The van der Waals surface area contributed by atoms with E-state index in [1.807, 2.05) is 13.0 Å². The van der Waals surface area contributed by atoms with Gasteiger partial charge in [0.1, 0.15) is 16.8 Å². The van der Waals surface area contributed by atoms with Crippen LogP contribution in [0.4, 0.5) is 13.2 Å². The topological polar surface area (TPSA) is 47.8 Å². The third kappa shape index (κ3) is 3.24. The standard InChI is InChI=1S/C17H13ClF3N3O/c1-3-14-22-12-5-4-9(2)6-11(12)16(25)24(14)15-8-10(17(19,20)21)7-13(18)23-15/h4-8H,3H2,1-2H3. The Hall–Kier alpha value is -2.41. The highest BCUT2D eigenvalue weighted by molar-refractivity contribution is 6.29. The molecule has 0 saturated heterocycles. The summed E-state index contributed by atoms with van der Waals surface area (Å²) >= 11 is 5.75. The lowest BCUT2D eigenvalue weighted by Crippen LogP contribution is -2.25. The third-order valence-electron chi connectivity index (χ3n) is 3.75. The highest BCUT2D eigenvalue weighted by Gasteiger charge is 2.32. The first-order chi connectivity index (χ1) is 11.7. The van der Waals surface area contributed by atoms with Gasteiger partial charge >= 0.3 is 6.18 Å². The molecule has 2 heterocycles. The highest BCUT2D eigenvalue weighted by Crippen LogP contribution is 2.31. The second kappa shape index (κ2) is 6.15. The molecule has 0 atom stereocenters. The second-order valence-electron chi connectivity index (χ2n) is 5.58. The molecule has 2 aromatic heterocycles. The van der Waals surface area contributed by atoms with Gasteiger partial charge in [0.25, 0.3) is 5.56 Å². The van der Waals surface area contributed by atoms with E-state index >= 15 is 0 Å². The number of halogens is 4. The Bertz CT molecular complexity index is 1030. The zero-order valence-corrected chi connectivity index (χ0v) is 14.1. The number of fused-ring (bicyclic) bond motifs is 1. The average Bonchev–Trinajstić information content (AvgIpc) is 2.53. The molecule has 0 aliphatic carbocycles. The lowest BCUT2D eigenvalue weighted by Gasteiger charge is -2.14. The van der Waals surface area contributed by atoms with E-state index in [2.05, 4.69) is 9.97 Å². The number of pyridine rings is 1. The van der Waals surface area contributed by atoms with Crippen LogP contribution < -0.4 is 5.56 Å². The largest absolute Gasteiger partial charge is 0.416 e. The molecule has 0 amide bonds. The van der Waals surface area contributed by atoms with Gasteiger partial charge in [-0.1, -0.05) is 30.2 Å². The Balaban J connectivity index is 2.37. The van der Waals surface area contributed by atoms with Crippen LogP contribution in [0.2, 0.25) is 5.15 Å². The lowest BCUT2D eigenvalue weighted by atomic mass is 10.1. The van der Waals surface area contributed by atoms with E-state index in [0.29, 0.717) is 23.1 Å². The van der Waals surface area contributed by atoms with Crippen molar-refractivity contribution in [3.63, 3.8) is 0 Å². The molecule has 0 aliphatic heterocycles. The first-order valence-electron chi connectivity index (χ1n) is 7.48. The summed E-state index contributed by atoms with van der Waals surface area (Å²) in [6.07, 6.45) is -4.26. The Morgan fingerprint density at radius 3 is 2.52 bits per heavy atom. The fourth-order valence-electron chi connectivity index (χ4n) is 2.58. The van der Waals surface area contributed by atoms with Crippen LogP contribution in [0.5, 0.6) is 0 Å². The normalized spacial score (nSPS) is 11.9. The highest BCUT2D eigenvalue weighted by atomic mass is 35.5. The summed E-state index contributed by atoms with van der Waals surface area (Å²) < 4.78 is 40.3. The van der Waals surface area contributed by atoms with Crippen LogP contribution in [-0.4, -0.2) is 14.5 Å². The van der Waals surface area contributed by atoms with Crippen LogP contribution in [-0.2, 0) is 12.6 Å². The summed E-state index contributed by atoms with van der Waals surface area (Å²) in [5.41, 5.74) is -0.117. The number of benzene rings is 1. The van der Waals surface area contributed by atoms with Gasteiger partial charge in [-0.05, 0) is 31.2 Å². The molecule has 0 unspecified atom stereocenters. The van der Waals surface area contributed by atoms with Crippen molar-refractivity contribution in [2.24, 2.45) is 0 Å². The number of hydrogen-bond acceptors (Lipinski definition) is 3. The Morgan fingerprint density at radius 1 is 1.16 bits per heavy atom. The second-order valence-corrected chi connectivity index (χ2v) is 5.96. The van der Waals surface area contributed by atoms with E-state index in [9.17, 15) is 18.0 Å². The Morgan fingerprint density at radius 2 is 1.88 bits per heavy atom. The van der Waals surface area contributed by atoms with Gasteiger partial charge in [0.15, 0.2) is 0 Å². The van der Waals surface area contributed by atoms with Gasteiger partial charge in [-0.25, -0.2) is 14.5 Å². The zero-order valence-electron chi connectivity index (χ0n) is 13.4. The predicted octanol–water partition coefficient (Wildman–Crippen LogP) is 4.32. The molecule has 4 nitrogen and oxygen atoms in total. The van der Waals surface area contributed by atoms with E-state index in [4.69, 9.17) is 11.6 Å². The summed E-state index contributed by atoms with van der Waals surface area (Å²) in [7, 11) is 0. The Labute approximate surface area is 145 Å². The quantitative estimate of drug-likeness (QED) is 0.634. The van der Waals surface area contributed by atoms with E-state index in [0.717, 1.165) is 22.3 Å². The molecule has 0 aliphatic rings. The fourth-order valence-corrected chi connectivity index (χ4v) is 2.78. The first-order valence-corrected chi connectivity index (χ1v) is 7.86. The van der Waals surface area contributed by atoms with E-state index in [-0.39, 0.29) is 11.0 Å². The number of aryl methyl sites for hydroxylation is 2. The number of hydrogen-bond donors (Lipinski definition) is 0. The van der Waals surface area contributed by atoms with Crippen LogP contribution >= 0.6 is 11.6 Å². The number of nitrogens with zero attached hydrogens (tertiary/aromatic N) is 3. The van der Waals surface area contributed by atoms with Crippen molar-refractivity contribution in [3.8, 4) is 5.82 Å². The molecule has 25 heavy (non-hydrogen) atoms. The fraction of sp³-hybridized carbons (Fsp3) is 0.235. The summed E-state index contributed by atoms with van der Waals surface area (Å²) in [5.74, 6) is 0.113. The van der Waals surface area contributed by atoms with Gasteiger partial charge in [-0.3, -0.25) is 4.79 Å². The molecule has 0 fully saturated rings. The molecular weight excluding hydrogens is 355 g/mol. The lowest BCUT2D eigenvalue weighted by molar-refractivity contribution is -0.137. The first kappa shape index (κ1) is 17.4. The average molecular weight is 368 g/mol. The maximum atomic E-state index is 13.1. The zero-order chi connectivity index (χ0) is 18.4. The van der Waals surface area contributed by atoms with Crippen molar-refractivity contribution in [2.75, 3.05) is 0 Å². The SMILES string of the molecule is CCc1nc2ccc(C)cc2c(=O)n1-c1cc(C(F)(F)F)cc(Cl)n1. The maximum Gasteiger partial charge on any atom is 0.416 e. The van der Waals surface area contributed by atoms with Gasteiger partial charge in [0, 0.05) is 6.42 Å². The third-order valence-corrected chi connectivity index (χ3v) is 3.94. The summed E-state index contributed by atoms with van der Waals surface area (Å²) in [6, 6.07) is 6.70. The predicted molar refractivity (Wildman–Crippen MR) is 89.3 cm³/mol. The van der Waals surface area contributed by atoms with Crippen molar-refractivity contribution >= 4 is 22.5 Å². The minimum absolute atomic E-state index is 0.197. The van der Waals surface area contributed by atoms with Crippen molar-refractivity contribution < 1.29 is 13.2 Å². The Kier molecular flexibility index (Phi) is 4.28. The molecule has 0 radical (unpaired) electrons. The van der Waals surface area contributed by atoms with Gasteiger partial charge in [-0.15, -0.1) is 0 Å². The molecule has 0 N–H and O–H groups in total.